The van der Waals surface area contributed by atoms with Crippen molar-refractivity contribution in [2.45, 2.75) is 69.5 Å². The zero-order valence-corrected chi connectivity index (χ0v) is 25.7. The second-order valence-corrected chi connectivity index (χ2v) is 12.8. The number of rotatable bonds is 7. The molecule has 7 rings (SSSR count). The normalized spacial score (nSPS) is 20.0. The molecule has 3 aliphatic rings. The summed E-state index contributed by atoms with van der Waals surface area (Å²) in [5.74, 6) is -0.0596. The number of hydrogen-bond donors (Lipinski definition) is 3. The first-order valence-corrected chi connectivity index (χ1v) is 16.5. The first-order chi connectivity index (χ1) is 22.0. The number of aromatic amines is 2. The average molecular weight is 614 g/mol. The van der Waals surface area contributed by atoms with Gasteiger partial charge in [-0.2, -0.15) is 0 Å². The Hall–Kier alpha value is -4.09. The summed E-state index contributed by atoms with van der Waals surface area (Å²) in [4.78, 5) is 56.3. The average Bonchev–Trinajstić information content (AvgIpc) is 3.68. The van der Waals surface area contributed by atoms with Gasteiger partial charge in [0.25, 0.3) is 0 Å². The number of likely N-dealkylation sites (tertiary alicyclic amines) is 2. The molecule has 2 aromatic carbocycles. The molecule has 0 saturated carbocycles. The Kier molecular flexibility index (Phi) is 8.62. The first-order valence-electron chi connectivity index (χ1n) is 16.5. The number of nitrogens with one attached hydrogen (secondary N) is 3. The number of imidazole rings is 1. The predicted molar refractivity (Wildman–Crippen MR) is 173 cm³/mol. The van der Waals surface area contributed by atoms with Crippen LogP contribution in [0.3, 0.4) is 0 Å². The van der Waals surface area contributed by atoms with Crippen molar-refractivity contribution in [2.24, 2.45) is 0 Å². The smallest absolute Gasteiger partial charge is 0.361 e. The number of para-hydroxylation sites is 2. The van der Waals surface area contributed by atoms with Gasteiger partial charge in [-0.1, -0.05) is 24.6 Å². The number of hydrogen-bond acceptors (Lipinski definition) is 6. The second-order valence-electron chi connectivity index (χ2n) is 12.8. The molecule has 3 fully saturated rings. The van der Waals surface area contributed by atoms with Crippen molar-refractivity contribution in [1.82, 2.24) is 34.7 Å². The van der Waals surface area contributed by atoms with Crippen molar-refractivity contribution in [2.75, 3.05) is 39.3 Å². The molecule has 0 bridgehead atoms. The molecule has 1 atom stereocenters. The van der Waals surface area contributed by atoms with Crippen LogP contribution in [0, 0.1) is 0 Å². The maximum atomic E-state index is 13.9. The number of aromatic nitrogens is 3. The molecule has 0 aliphatic carbocycles. The number of carbonyl (C=O) groups excluding carboxylic acids is 2. The number of amides is 2. The Balaban J connectivity index is 0.989. The van der Waals surface area contributed by atoms with E-state index in [0.29, 0.717) is 51.5 Å². The summed E-state index contributed by atoms with van der Waals surface area (Å²) < 4.78 is 1.82. The van der Waals surface area contributed by atoms with Crippen LogP contribution in [0.25, 0.3) is 21.9 Å². The topological polar surface area (TPSA) is 119 Å². The quantitative estimate of drug-likeness (QED) is 0.288. The van der Waals surface area contributed by atoms with Crippen molar-refractivity contribution in [3.05, 3.63) is 70.8 Å². The third-order valence-corrected chi connectivity index (χ3v) is 9.96. The maximum Gasteiger partial charge on any atom is 0.426 e. The third kappa shape index (κ3) is 6.50. The van der Waals surface area contributed by atoms with Gasteiger partial charge in [0.15, 0.2) is 0 Å². The van der Waals surface area contributed by atoms with Crippen molar-refractivity contribution in [1.29, 1.82) is 0 Å². The van der Waals surface area contributed by atoms with E-state index in [-0.39, 0.29) is 17.6 Å². The summed E-state index contributed by atoms with van der Waals surface area (Å²) in [5.41, 5.74) is 3.61. The van der Waals surface area contributed by atoms with E-state index in [1.807, 2.05) is 58.1 Å². The molecule has 238 valence electrons. The molecule has 3 aliphatic heterocycles. The van der Waals surface area contributed by atoms with E-state index in [0.717, 1.165) is 53.4 Å². The van der Waals surface area contributed by atoms with Crippen LogP contribution in [0.2, 0.25) is 0 Å². The van der Waals surface area contributed by atoms with Gasteiger partial charge >= 0.3 is 11.8 Å². The van der Waals surface area contributed by atoms with E-state index in [1.54, 1.807) is 5.06 Å². The number of benzene rings is 2. The Morgan fingerprint density at radius 1 is 0.867 bits per heavy atom. The van der Waals surface area contributed by atoms with Gasteiger partial charge in [-0.15, -0.1) is 5.06 Å². The molecule has 11 nitrogen and oxygen atoms in total. The van der Waals surface area contributed by atoms with Crippen LogP contribution < -0.4 is 11.0 Å². The molecule has 2 amide bonds. The molecule has 5 heterocycles. The molecule has 0 radical (unpaired) electrons. The number of piperidine rings is 3. The molecule has 45 heavy (non-hydrogen) atoms. The predicted octanol–water partition coefficient (Wildman–Crippen LogP) is 4.18. The van der Waals surface area contributed by atoms with E-state index < -0.39 is 12.1 Å². The van der Waals surface area contributed by atoms with Gasteiger partial charge in [0.05, 0.1) is 11.0 Å². The van der Waals surface area contributed by atoms with E-state index in [4.69, 9.17) is 4.84 Å². The summed E-state index contributed by atoms with van der Waals surface area (Å²) >= 11 is 0. The summed E-state index contributed by atoms with van der Waals surface area (Å²) in [5, 5.41) is 5.64. The maximum absolute atomic E-state index is 13.9. The number of H-pyrrole nitrogens is 2. The lowest BCUT2D eigenvalue weighted by atomic mass is 9.98. The van der Waals surface area contributed by atoms with Crippen molar-refractivity contribution < 1.29 is 14.4 Å². The van der Waals surface area contributed by atoms with Gasteiger partial charge in [0, 0.05) is 56.4 Å². The van der Waals surface area contributed by atoms with Gasteiger partial charge in [-0.3, -0.25) is 9.36 Å². The Labute approximate surface area is 262 Å². The summed E-state index contributed by atoms with van der Waals surface area (Å²) in [6, 6.07) is 15.6. The lowest BCUT2D eigenvalue weighted by molar-refractivity contribution is -0.137. The van der Waals surface area contributed by atoms with Crippen LogP contribution >= 0.6 is 0 Å². The van der Waals surface area contributed by atoms with Gasteiger partial charge in [0.2, 0.25) is 5.91 Å². The number of carbonyl (C=O) groups is 2. The highest BCUT2D eigenvalue weighted by Gasteiger charge is 2.33. The largest absolute Gasteiger partial charge is 0.426 e. The second kappa shape index (κ2) is 13.1. The minimum atomic E-state index is -0.734. The summed E-state index contributed by atoms with van der Waals surface area (Å²) in [6.07, 6.45) is 8.76. The standard InChI is InChI=1S/C34H43N7O4/c42-32(39-18-11-26(12-19-39)38-16-4-1-5-17-38)30(23-24-8-9-28-25(22-24)10-15-35-28)37-34(44)45-40-20-13-27(14-21-40)41-31-7-3-2-6-29(31)36-33(41)43/h2-3,6-10,15,22,26-27,30,35H,1,4-5,11-14,16-21,23H2,(H,36,43)(H,37,44). The molecule has 11 heteroatoms. The Morgan fingerprint density at radius 2 is 1.62 bits per heavy atom. The van der Waals surface area contributed by atoms with E-state index >= 15 is 0 Å². The minimum Gasteiger partial charge on any atom is -0.361 e. The highest BCUT2D eigenvalue weighted by atomic mass is 16.7. The third-order valence-electron chi connectivity index (χ3n) is 9.96. The van der Waals surface area contributed by atoms with Crippen LogP contribution in [0.5, 0.6) is 0 Å². The fourth-order valence-electron chi connectivity index (χ4n) is 7.54. The number of nitrogens with zero attached hydrogens (tertiary/aromatic N) is 4. The van der Waals surface area contributed by atoms with Crippen LogP contribution in [-0.4, -0.2) is 92.8 Å². The van der Waals surface area contributed by atoms with Crippen LogP contribution in [0.1, 0.15) is 56.6 Å². The molecule has 3 N–H and O–H groups in total. The molecular weight excluding hydrogens is 570 g/mol. The van der Waals surface area contributed by atoms with Crippen LogP contribution in [0.4, 0.5) is 4.79 Å². The molecule has 3 saturated heterocycles. The fourth-order valence-corrected chi connectivity index (χ4v) is 7.54. The van der Waals surface area contributed by atoms with Gasteiger partial charge in [-0.05, 0) is 92.9 Å². The molecule has 2 aromatic heterocycles. The van der Waals surface area contributed by atoms with Crippen LogP contribution in [0.15, 0.2) is 59.5 Å². The minimum absolute atomic E-state index is 0.0158. The lowest BCUT2D eigenvalue weighted by Crippen LogP contribution is -2.54. The van der Waals surface area contributed by atoms with Gasteiger partial charge < -0.3 is 29.9 Å². The Bertz CT molecular complexity index is 1690. The van der Waals surface area contributed by atoms with Gasteiger partial charge in [-0.25, -0.2) is 9.59 Å². The SMILES string of the molecule is O=C(NC(Cc1ccc2[nH]ccc2c1)C(=O)N1CCC(N2CCCCC2)CC1)ON1CCC(n2c(=O)[nH]c3ccccc32)CC1. The molecule has 1 unspecified atom stereocenters. The Morgan fingerprint density at radius 3 is 2.42 bits per heavy atom. The number of hydroxylamine groups is 2. The zero-order chi connectivity index (χ0) is 30.8. The van der Waals surface area contributed by atoms with Crippen LogP contribution in [-0.2, 0) is 16.1 Å². The van der Waals surface area contributed by atoms with E-state index in [1.165, 1.54) is 19.3 Å². The molecular formula is C34H43N7O4. The summed E-state index contributed by atoms with van der Waals surface area (Å²) in [6.45, 7) is 4.71. The highest BCUT2D eigenvalue weighted by Crippen LogP contribution is 2.26. The molecule has 0 spiro atoms. The number of fused-ring (bicyclic) bond motifs is 2. The highest BCUT2D eigenvalue weighted by molar-refractivity contribution is 5.86. The summed E-state index contributed by atoms with van der Waals surface area (Å²) in [7, 11) is 0. The van der Waals surface area contributed by atoms with Crippen molar-refractivity contribution >= 4 is 33.9 Å². The van der Waals surface area contributed by atoms with E-state index in [9.17, 15) is 14.4 Å². The van der Waals surface area contributed by atoms with E-state index in [2.05, 4.69) is 26.3 Å². The fraction of sp³-hybridized carbons (Fsp3) is 0.500. The first kappa shape index (κ1) is 29.6. The van der Waals surface area contributed by atoms with Gasteiger partial charge in [0.1, 0.15) is 6.04 Å². The van der Waals surface area contributed by atoms with Crippen molar-refractivity contribution in [3.63, 3.8) is 0 Å². The monoisotopic (exact) mass is 613 g/mol. The zero-order valence-electron chi connectivity index (χ0n) is 25.7. The molecule has 4 aromatic rings. The lowest BCUT2D eigenvalue weighted by Gasteiger charge is -2.41. The van der Waals surface area contributed by atoms with Crippen molar-refractivity contribution in [3.8, 4) is 0 Å².